The molecule has 0 atom stereocenters. The van der Waals surface area contributed by atoms with Crippen molar-refractivity contribution in [1.82, 2.24) is 4.98 Å². The second kappa shape index (κ2) is 4.85. The molecule has 0 bridgehead atoms. The summed E-state index contributed by atoms with van der Waals surface area (Å²) in [5, 5.41) is 2.58. The quantitative estimate of drug-likeness (QED) is 0.623. The monoisotopic (exact) mass is 236 g/mol. The van der Waals surface area contributed by atoms with Crippen molar-refractivity contribution in [2.24, 2.45) is 0 Å². The first-order valence-corrected chi connectivity index (χ1v) is 6.80. The van der Waals surface area contributed by atoms with Crippen LogP contribution in [-0.4, -0.2) is 4.98 Å². The van der Waals surface area contributed by atoms with Crippen LogP contribution >= 0.6 is 0 Å². The molecule has 1 nitrogen and oxygen atoms in total. The van der Waals surface area contributed by atoms with Gasteiger partial charge in [0.15, 0.2) is 0 Å². The number of para-hydroxylation sites is 1. The van der Waals surface area contributed by atoms with E-state index in [2.05, 4.69) is 54.4 Å². The number of benzene rings is 2. The van der Waals surface area contributed by atoms with Gasteiger partial charge in [-0.3, -0.25) is 0 Å². The van der Waals surface area contributed by atoms with Crippen molar-refractivity contribution in [3.8, 4) is 0 Å². The zero-order chi connectivity index (χ0) is 12.4. The second-order valence-electron chi connectivity index (χ2n) is 4.90. The zero-order valence-corrected chi connectivity index (χ0v) is 10.8. The summed E-state index contributed by atoms with van der Waals surface area (Å²) in [5.41, 5.74) is 3.67. The summed E-state index contributed by atoms with van der Waals surface area (Å²) in [5.74, 6) is 0. The number of hydrogen-bond donors (Lipinski definition) is 1. The minimum Gasteiger partial charge on any atom is -0.354 e. The predicted molar refractivity (Wildman–Crippen MR) is 77.9 cm³/mol. The average molecular weight is 236 g/mol. The molecule has 18 heavy (non-hydrogen) atoms. The number of H-pyrrole nitrogens is 1. The Kier molecular flexibility index (Phi) is 3.06. The molecule has 0 amide bonds. The summed E-state index contributed by atoms with van der Waals surface area (Å²) in [6, 6.07) is 16.4. The summed E-state index contributed by atoms with van der Waals surface area (Å²) in [4.78, 5) is 3.45. The van der Waals surface area contributed by atoms with E-state index >= 15 is 0 Å². The summed E-state index contributed by atoms with van der Waals surface area (Å²) in [6.07, 6.45) is 4.98. The highest BCUT2D eigenvalue weighted by Gasteiger charge is 2.04. The van der Waals surface area contributed by atoms with Crippen molar-refractivity contribution in [3.05, 3.63) is 48.0 Å². The first-order valence-electron chi connectivity index (χ1n) is 6.80. The number of unbranched alkanes of at least 4 members (excludes halogenated alkanes) is 2. The highest BCUT2D eigenvalue weighted by molar-refractivity contribution is 6.07. The summed E-state index contributed by atoms with van der Waals surface area (Å²) in [6.45, 7) is 2.24. The molecule has 0 aliphatic heterocycles. The van der Waals surface area contributed by atoms with Gasteiger partial charge >= 0.3 is 0 Å². The Morgan fingerprint density at radius 3 is 2.78 bits per heavy atom. The van der Waals surface area contributed by atoms with Crippen LogP contribution in [-0.2, 0) is 6.42 Å². The minimum absolute atomic E-state index is 1.14. The van der Waals surface area contributed by atoms with E-state index in [4.69, 9.17) is 0 Å². The van der Waals surface area contributed by atoms with Crippen LogP contribution in [0.25, 0.3) is 21.8 Å². The number of aromatic nitrogens is 1. The molecule has 0 aliphatic carbocycles. The van der Waals surface area contributed by atoms with Gasteiger partial charge in [-0.25, -0.2) is 0 Å². The number of rotatable bonds is 4. The molecule has 91 valence electrons. The standard InChI is InChI=1S/C17H18N/c1-2-3-4-7-13-10-11-15-14-8-5-6-9-16(14)18-17(15)12-13/h5-6,8-11,18H,2-4,7H2,1H3. The second-order valence-corrected chi connectivity index (χ2v) is 4.90. The lowest BCUT2D eigenvalue weighted by molar-refractivity contribution is 0.717. The molecule has 1 heteroatoms. The molecule has 0 saturated heterocycles. The molecule has 0 aliphatic rings. The third-order valence-corrected chi connectivity index (χ3v) is 3.53. The molecule has 0 unspecified atom stereocenters. The maximum atomic E-state index is 3.52. The van der Waals surface area contributed by atoms with Crippen LogP contribution < -0.4 is 0 Å². The molecule has 3 rings (SSSR count). The maximum absolute atomic E-state index is 3.52. The lowest BCUT2D eigenvalue weighted by atomic mass is 10.0. The van der Waals surface area contributed by atoms with Crippen LogP contribution in [0.3, 0.4) is 0 Å². The molecule has 2 aromatic carbocycles. The minimum atomic E-state index is 1.14. The number of fused-ring (bicyclic) bond motifs is 3. The number of nitrogens with one attached hydrogen (secondary N) is 1. The van der Waals surface area contributed by atoms with Crippen LogP contribution in [0.1, 0.15) is 31.7 Å². The molecule has 1 aromatic heterocycles. The molecule has 0 saturated carbocycles. The summed E-state index contributed by atoms with van der Waals surface area (Å²) < 4.78 is 0. The summed E-state index contributed by atoms with van der Waals surface area (Å²) in [7, 11) is 0. The number of aromatic amines is 1. The molecule has 1 radical (unpaired) electrons. The van der Waals surface area contributed by atoms with E-state index in [9.17, 15) is 0 Å². The first-order chi connectivity index (χ1) is 8.88. The van der Waals surface area contributed by atoms with Crippen molar-refractivity contribution in [2.75, 3.05) is 0 Å². The van der Waals surface area contributed by atoms with Gasteiger partial charge in [-0.2, -0.15) is 0 Å². The van der Waals surface area contributed by atoms with E-state index < -0.39 is 0 Å². The Balaban J connectivity index is 1.99. The van der Waals surface area contributed by atoms with Crippen molar-refractivity contribution >= 4 is 21.8 Å². The lowest BCUT2D eigenvalue weighted by Crippen LogP contribution is -1.85. The van der Waals surface area contributed by atoms with Crippen molar-refractivity contribution < 1.29 is 0 Å². The summed E-state index contributed by atoms with van der Waals surface area (Å²) >= 11 is 0. The SMILES string of the molecule is CCCCCc1[c]c2[nH]c3ccccc3c2cc1. The maximum Gasteiger partial charge on any atom is 0.0548 e. The smallest absolute Gasteiger partial charge is 0.0548 e. The predicted octanol–water partition coefficient (Wildman–Crippen LogP) is 4.85. The Morgan fingerprint density at radius 1 is 1.00 bits per heavy atom. The van der Waals surface area contributed by atoms with Gasteiger partial charge in [0.1, 0.15) is 0 Å². The number of aryl methyl sites for hydroxylation is 1. The Labute approximate surface area is 108 Å². The highest BCUT2D eigenvalue weighted by atomic mass is 14.7. The fraction of sp³-hybridized carbons (Fsp3) is 0.294. The third-order valence-electron chi connectivity index (χ3n) is 3.53. The Morgan fingerprint density at radius 2 is 1.89 bits per heavy atom. The van der Waals surface area contributed by atoms with Crippen molar-refractivity contribution in [2.45, 2.75) is 32.6 Å². The lowest BCUT2D eigenvalue weighted by Gasteiger charge is -2.00. The van der Waals surface area contributed by atoms with Gasteiger partial charge in [0.05, 0.1) is 5.52 Å². The van der Waals surface area contributed by atoms with Gasteiger partial charge in [0, 0.05) is 22.4 Å². The first kappa shape index (κ1) is 11.3. The normalized spacial score (nSPS) is 11.4. The van der Waals surface area contributed by atoms with Gasteiger partial charge in [0.25, 0.3) is 0 Å². The molecule has 0 spiro atoms. The molecule has 1 N–H and O–H groups in total. The van der Waals surface area contributed by atoms with E-state index in [1.807, 2.05) is 0 Å². The molecule has 1 heterocycles. The largest absolute Gasteiger partial charge is 0.354 e. The van der Waals surface area contributed by atoms with Crippen molar-refractivity contribution in [3.63, 3.8) is 0 Å². The van der Waals surface area contributed by atoms with Gasteiger partial charge in [-0.15, -0.1) is 0 Å². The van der Waals surface area contributed by atoms with Crippen LogP contribution in [0.5, 0.6) is 0 Å². The van der Waals surface area contributed by atoms with E-state index in [0.29, 0.717) is 0 Å². The molecular weight excluding hydrogens is 218 g/mol. The molecule has 0 fully saturated rings. The van der Waals surface area contributed by atoms with Gasteiger partial charge in [0.2, 0.25) is 0 Å². The third kappa shape index (κ3) is 2.01. The highest BCUT2D eigenvalue weighted by Crippen LogP contribution is 2.25. The van der Waals surface area contributed by atoms with Crippen LogP contribution in [0.2, 0.25) is 0 Å². The van der Waals surface area contributed by atoms with Crippen LogP contribution in [0, 0.1) is 6.07 Å². The Hall–Kier alpha value is -1.76. The zero-order valence-electron chi connectivity index (χ0n) is 10.8. The van der Waals surface area contributed by atoms with Gasteiger partial charge < -0.3 is 4.98 Å². The van der Waals surface area contributed by atoms with Crippen molar-refractivity contribution in [1.29, 1.82) is 0 Å². The topological polar surface area (TPSA) is 15.8 Å². The number of hydrogen-bond acceptors (Lipinski definition) is 0. The van der Waals surface area contributed by atoms with Crippen LogP contribution in [0.4, 0.5) is 0 Å². The Bertz CT molecular complexity index is 663. The average Bonchev–Trinajstić information content (AvgIpc) is 2.76. The van der Waals surface area contributed by atoms with E-state index in [-0.39, 0.29) is 0 Å². The van der Waals surface area contributed by atoms with Gasteiger partial charge in [-0.05, 0) is 24.5 Å². The molecule has 3 aromatic rings. The van der Waals surface area contributed by atoms with E-state index in [1.165, 1.54) is 41.1 Å². The molecular formula is C17H18N. The van der Waals surface area contributed by atoms with E-state index in [1.54, 1.807) is 0 Å². The fourth-order valence-corrected chi connectivity index (χ4v) is 2.53. The fourth-order valence-electron chi connectivity index (χ4n) is 2.53. The van der Waals surface area contributed by atoms with Crippen LogP contribution in [0.15, 0.2) is 36.4 Å². The van der Waals surface area contributed by atoms with E-state index in [0.717, 1.165) is 11.9 Å². The van der Waals surface area contributed by atoms with Gasteiger partial charge in [-0.1, -0.05) is 50.1 Å².